The molecule has 1 aromatic heterocycles. The van der Waals surface area contributed by atoms with Crippen LogP contribution in [0.5, 0.6) is 0 Å². The first kappa shape index (κ1) is 13.2. The van der Waals surface area contributed by atoms with Crippen molar-refractivity contribution in [2.24, 2.45) is 0 Å². The third-order valence-electron chi connectivity index (χ3n) is 2.82. The minimum absolute atomic E-state index is 0.311. The maximum Gasteiger partial charge on any atom is 0.352 e. The predicted octanol–water partition coefficient (Wildman–Crippen LogP) is 1.12. The second-order valence-electron chi connectivity index (χ2n) is 4.02. The van der Waals surface area contributed by atoms with Gasteiger partial charge in [0, 0.05) is 6.54 Å². The van der Waals surface area contributed by atoms with Gasteiger partial charge in [-0.1, -0.05) is 6.92 Å². The number of hydrogen-bond acceptors (Lipinski definition) is 3. The van der Waals surface area contributed by atoms with E-state index in [9.17, 15) is 14.0 Å². The molecule has 0 fully saturated rings. The van der Waals surface area contributed by atoms with E-state index in [-0.39, 0.29) is 0 Å². The number of hydrogen-bond donors (Lipinski definition) is 0. The van der Waals surface area contributed by atoms with Crippen LogP contribution in [0.2, 0.25) is 0 Å². The van der Waals surface area contributed by atoms with Crippen LogP contribution in [0.15, 0.2) is 33.9 Å². The minimum atomic E-state index is -0.517. The Morgan fingerprint density at radius 3 is 2.32 bits per heavy atom. The highest BCUT2D eigenvalue weighted by molar-refractivity contribution is 5.31. The molecular weight excluding hydrogens is 249 g/mol. The molecule has 19 heavy (non-hydrogen) atoms. The van der Waals surface area contributed by atoms with Gasteiger partial charge in [0.25, 0.3) is 5.56 Å². The van der Waals surface area contributed by atoms with Crippen LogP contribution in [0.25, 0.3) is 5.69 Å². The van der Waals surface area contributed by atoms with Crippen LogP contribution in [0.3, 0.4) is 0 Å². The van der Waals surface area contributed by atoms with Gasteiger partial charge >= 0.3 is 5.69 Å². The molecule has 100 valence electrons. The highest BCUT2D eigenvalue weighted by Gasteiger charge is 2.12. The van der Waals surface area contributed by atoms with Crippen molar-refractivity contribution in [3.63, 3.8) is 0 Å². The first-order valence-electron chi connectivity index (χ1n) is 6.07. The van der Waals surface area contributed by atoms with Gasteiger partial charge in [-0.3, -0.25) is 4.79 Å². The van der Waals surface area contributed by atoms with Crippen LogP contribution in [0.1, 0.15) is 19.5 Å². The van der Waals surface area contributed by atoms with Crippen LogP contribution in [-0.2, 0) is 13.0 Å². The molecule has 2 rings (SSSR count). The maximum atomic E-state index is 12.9. The summed E-state index contributed by atoms with van der Waals surface area (Å²) in [5.74, 6) is -0.419. The number of rotatable bonds is 3. The molecule has 0 aliphatic rings. The van der Waals surface area contributed by atoms with E-state index in [4.69, 9.17) is 0 Å². The quantitative estimate of drug-likeness (QED) is 0.833. The fourth-order valence-corrected chi connectivity index (χ4v) is 1.81. The Labute approximate surface area is 108 Å². The number of aromatic nitrogens is 3. The summed E-state index contributed by atoms with van der Waals surface area (Å²) in [5, 5.41) is 4.01. The molecule has 0 saturated heterocycles. The molecule has 0 amide bonds. The molecule has 0 aliphatic heterocycles. The number of benzene rings is 1. The van der Waals surface area contributed by atoms with E-state index in [1.54, 1.807) is 13.8 Å². The predicted molar refractivity (Wildman–Crippen MR) is 69.1 cm³/mol. The summed E-state index contributed by atoms with van der Waals surface area (Å²) in [7, 11) is 0. The second-order valence-corrected chi connectivity index (χ2v) is 4.02. The fourth-order valence-electron chi connectivity index (χ4n) is 1.81. The summed E-state index contributed by atoms with van der Waals surface area (Å²) in [4.78, 5) is 24.3. The molecular formula is C13H14FN3O2. The molecule has 0 bridgehead atoms. The molecule has 0 N–H and O–H groups in total. The summed E-state index contributed by atoms with van der Waals surface area (Å²) in [6.07, 6.45) is 0.431. The molecule has 0 saturated carbocycles. The lowest BCUT2D eigenvalue weighted by atomic mass is 10.3. The summed E-state index contributed by atoms with van der Waals surface area (Å²) >= 11 is 0. The van der Waals surface area contributed by atoms with E-state index in [1.807, 2.05) is 0 Å². The molecule has 0 radical (unpaired) electrons. The van der Waals surface area contributed by atoms with Gasteiger partial charge in [0.15, 0.2) is 0 Å². The monoisotopic (exact) mass is 263 g/mol. The van der Waals surface area contributed by atoms with Gasteiger partial charge in [0.05, 0.1) is 5.69 Å². The molecule has 1 heterocycles. The standard InChI is InChI=1S/C13H14FN3O2/c1-3-11-12(18)17(13(19)16(4-2)15-11)10-7-5-9(14)6-8-10/h5-8H,3-4H2,1-2H3. The SMILES string of the molecule is CCc1nn(CC)c(=O)n(-c2ccc(F)cc2)c1=O. The number of nitrogens with zero attached hydrogens (tertiary/aromatic N) is 3. The summed E-state index contributed by atoms with van der Waals surface area (Å²) in [5.41, 5.74) is -0.318. The smallest absolute Gasteiger partial charge is 0.267 e. The van der Waals surface area contributed by atoms with Crippen molar-refractivity contribution >= 4 is 0 Å². The topological polar surface area (TPSA) is 56.9 Å². The highest BCUT2D eigenvalue weighted by atomic mass is 19.1. The van der Waals surface area contributed by atoms with Gasteiger partial charge in [-0.2, -0.15) is 5.10 Å². The fraction of sp³-hybridized carbons (Fsp3) is 0.308. The Bertz CT molecular complexity index is 665. The van der Waals surface area contributed by atoms with E-state index in [0.29, 0.717) is 24.3 Å². The van der Waals surface area contributed by atoms with Gasteiger partial charge in [-0.25, -0.2) is 18.4 Å². The van der Waals surface area contributed by atoms with Crippen molar-refractivity contribution in [3.8, 4) is 5.69 Å². The Kier molecular flexibility index (Phi) is 3.59. The van der Waals surface area contributed by atoms with Crippen LogP contribution >= 0.6 is 0 Å². The van der Waals surface area contributed by atoms with E-state index < -0.39 is 17.1 Å². The van der Waals surface area contributed by atoms with Crippen LogP contribution in [-0.4, -0.2) is 14.3 Å². The van der Waals surface area contributed by atoms with Crippen molar-refractivity contribution in [2.45, 2.75) is 26.8 Å². The van der Waals surface area contributed by atoms with Gasteiger partial charge in [-0.05, 0) is 37.6 Å². The first-order valence-corrected chi connectivity index (χ1v) is 6.07. The van der Waals surface area contributed by atoms with Gasteiger partial charge in [-0.15, -0.1) is 0 Å². The van der Waals surface area contributed by atoms with Crippen molar-refractivity contribution in [1.29, 1.82) is 0 Å². The third-order valence-corrected chi connectivity index (χ3v) is 2.82. The van der Waals surface area contributed by atoms with Crippen LogP contribution in [0.4, 0.5) is 4.39 Å². The summed E-state index contributed by atoms with van der Waals surface area (Å²) in [6.45, 7) is 3.93. The Hall–Kier alpha value is -2.24. The molecule has 0 spiro atoms. The Morgan fingerprint density at radius 2 is 1.79 bits per heavy atom. The highest BCUT2D eigenvalue weighted by Crippen LogP contribution is 2.04. The largest absolute Gasteiger partial charge is 0.352 e. The van der Waals surface area contributed by atoms with Gasteiger partial charge in [0.2, 0.25) is 0 Å². The maximum absolute atomic E-state index is 12.9. The van der Waals surface area contributed by atoms with Crippen molar-refractivity contribution in [3.05, 3.63) is 56.6 Å². The first-order chi connectivity index (χ1) is 9.08. The molecule has 5 nitrogen and oxygen atoms in total. The lowest BCUT2D eigenvalue weighted by Gasteiger charge is -2.09. The molecule has 2 aromatic rings. The number of aryl methyl sites for hydroxylation is 2. The second kappa shape index (κ2) is 5.17. The minimum Gasteiger partial charge on any atom is -0.267 e. The Balaban J connectivity index is 2.78. The molecule has 6 heteroatoms. The van der Waals surface area contributed by atoms with E-state index in [1.165, 1.54) is 28.9 Å². The normalized spacial score (nSPS) is 10.7. The van der Waals surface area contributed by atoms with Crippen LogP contribution in [0, 0.1) is 5.82 Å². The lowest BCUT2D eigenvalue weighted by molar-refractivity contribution is 0.546. The number of halogens is 1. The van der Waals surface area contributed by atoms with E-state index in [0.717, 1.165) is 4.57 Å². The molecule has 0 atom stereocenters. The van der Waals surface area contributed by atoms with Crippen LogP contribution < -0.4 is 11.2 Å². The van der Waals surface area contributed by atoms with Crippen molar-refractivity contribution in [2.75, 3.05) is 0 Å². The van der Waals surface area contributed by atoms with E-state index >= 15 is 0 Å². The zero-order chi connectivity index (χ0) is 14.0. The summed E-state index contributed by atoms with van der Waals surface area (Å²) < 4.78 is 15.2. The summed E-state index contributed by atoms with van der Waals surface area (Å²) in [6, 6.07) is 5.22. The average molecular weight is 263 g/mol. The van der Waals surface area contributed by atoms with Gasteiger partial charge < -0.3 is 0 Å². The van der Waals surface area contributed by atoms with E-state index in [2.05, 4.69) is 5.10 Å². The molecule has 0 aliphatic carbocycles. The zero-order valence-corrected chi connectivity index (χ0v) is 10.8. The van der Waals surface area contributed by atoms with Crippen molar-refractivity contribution in [1.82, 2.24) is 14.3 Å². The zero-order valence-electron chi connectivity index (χ0n) is 10.8. The Morgan fingerprint density at radius 1 is 1.16 bits per heavy atom. The lowest BCUT2D eigenvalue weighted by Crippen LogP contribution is -2.42. The third kappa shape index (κ3) is 2.33. The molecule has 1 aromatic carbocycles. The molecule has 0 unspecified atom stereocenters. The van der Waals surface area contributed by atoms with Crippen molar-refractivity contribution < 1.29 is 4.39 Å². The average Bonchev–Trinajstić information content (AvgIpc) is 2.41. The van der Waals surface area contributed by atoms with Gasteiger partial charge in [0.1, 0.15) is 11.5 Å².